The molecule has 0 spiro atoms. The standard InChI is InChI=1S/C18H15F6N5O2/c19-17(20,21)13-7-12(2-1-11(13)8-25)29-9-14(31-16(29)18(22,23)24)15(30)28-5-3-27(10-26)4-6-28/h1-2,7,14,16H,3-6,9H2. The number of benzene rings is 1. The molecule has 3 rings (SSSR count). The van der Waals surface area contributed by atoms with Gasteiger partial charge in [0.2, 0.25) is 6.23 Å². The number of alkyl halides is 6. The maximum atomic E-state index is 13.5. The number of carbonyl (C=O) groups excluding carboxylic acids is 1. The Labute approximate surface area is 172 Å². The number of carbonyl (C=O) groups is 1. The first-order chi connectivity index (χ1) is 14.5. The molecule has 0 radical (unpaired) electrons. The maximum absolute atomic E-state index is 13.5. The lowest BCUT2D eigenvalue weighted by atomic mass is 10.1. The van der Waals surface area contributed by atoms with E-state index in [4.69, 9.17) is 15.3 Å². The van der Waals surface area contributed by atoms with E-state index >= 15 is 0 Å². The number of ether oxygens (including phenoxy) is 1. The Morgan fingerprint density at radius 3 is 2.23 bits per heavy atom. The average Bonchev–Trinajstić information content (AvgIpc) is 3.18. The van der Waals surface area contributed by atoms with Crippen LogP contribution < -0.4 is 4.90 Å². The fourth-order valence-corrected chi connectivity index (χ4v) is 3.45. The molecule has 0 saturated carbocycles. The van der Waals surface area contributed by atoms with Gasteiger partial charge < -0.3 is 19.4 Å². The Hall–Kier alpha value is -3.19. The quantitative estimate of drug-likeness (QED) is 0.511. The van der Waals surface area contributed by atoms with Crippen LogP contribution in [0.1, 0.15) is 11.1 Å². The molecule has 1 aromatic carbocycles. The molecule has 0 aromatic heterocycles. The van der Waals surface area contributed by atoms with E-state index in [-0.39, 0.29) is 26.2 Å². The first-order valence-electron chi connectivity index (χ1n) is 8.99. The molecule has 0 aliphatic carbocycles. The third-order valence-corrected chi connectivity index (χ3v) is 4.99. The van der Waals surface area contributed by atoms with Crippen LogP contribution in [0.2, 0.25) is 0 Å². The Kier molecular flexibility index (Phi) is 5.91. The highest BCUT2D eigenvalue weighted by atomic mass is 19.4. The van der Waals surface area contributed by atoms with E-state index in [2.05, 4.69) is 0 Å². The van der Waals surface area contributed by atoms with Crippen molar-refractivity contribution in [1.82, 2.24) is 9.80 Å². The van der Waals surface area contributed by atoms with Crippen molar-refractivity contribution < 1.29 is 35.9 Å². The van der Waals surface area contributed by atoms with Crippen molar-refractivity contribution in [3.8, 4) is 12.3 Å². The van der Waals surface area contributed by atoms with Crippen molar-refractivity contribution in [2.45, 2.75) is 24.7 Å². The summed E-state index contributed by atoms with van der Waals surface area (Å²) in [6.45, 7) is 0.0264. The van der Waals surface area contributed by atoms with E-state index < -0.39 is 54.0 Å². The number of hydrogen-bond donors (Lipinski definition) is 0. The molecule has 166 valence electrons. The van der Waals surface area contributed by atoms with Gasteiger partial charge in [0, 0.05) is 31.9 Å². The minimum absolute atomic E-state index is 0.109. The van der Waals surface area contributed by atoms with Crippen molar-refractivity contribution in [2.24, 2.45) is 0 Å². The van der Waals surface area contributed by atoms with Crippen LogP contribution in [-0.4, -0.2) is 66.9 Å². The van der Waals surface area contributed by atoms with Crippen molar-refractivity contribution in [3.05, 3.63) is 29.3 Å². The van der Waals surface area contributed by atoms with Gasteiger partial charge >= 0.3 is 12.4 Å². The number of nitrogens with zero attached hydrogens (tertiary/aromatic N) is 5. The summed E-state index contributed by atoms with van der Waals surface area (Å²) in [4.78, 5) is 15.8. The van der Waals surface area contributed by atoms with Crippen LogP contribution in [0.5, 0.6) is 0 Å². The van der Waals surface area contributed by atoms with Gasteiger partial charge in [-0.1, -0.05) is 0 Å². The minimum atomic E-state index is -4.99. The van der Waals surface area contributed by atoms with Gasteiger partial charge in [0.1, 0.15) is 0 Å². The molecular formula is C18H15F6N5O2. The zero-order chi connectivity index (χ0) is 23.0. The summed E-state index contributed by atoms with van der Waals surface area (Å²) < 4.78 is 85.3. The zero-order valence-corrected chi connectivity index (χ0v) is 15.7. The summed E-state index contributed by atoms with van der Waals surface area (Å²) in [6, 6.07) is 3.54. The van der Waals surface area contributed by atoms with Gasteiger partial charge in [0.05, 0.1) is 23.7 Å². The summed E-state index contributed by atoms with van der Waals surface area (Å²) in [5.41, 5.74) is -2.59. The summed E-state index contributed by atoms with van der Waals surface area (Å²) >= 11 is 0. The van der Waals surface area contributed by atoms with Gasteiger partial charge in [-0.05, 0) is 18.2 Å². The van der Waals surface area contributed by atoms with E-state index in [0.717, 1.165) is 12.1 Å². The monoisotopic (exact) mass is 447 g/mol. The number of rotatable bonds is 2. The third kappa shape index (κ3) is 4.61. The van der Waals surface area contributed by atoms with Crippen LogP contribution in [0.25, 0.3) is 0 Å². The summed E-state index contributed by atoms with van der Waals surface area (Å²) in [5.74, 6) is -0.737. The molecule has 2 atom stereocenters. The SMILES string of the molecule is N#Cc1ccc(N2CC(C(=O)N3CCN(C#N)CC3)OC2C(F)(F)F)cc1C(F)(F)F. The first kappa shape index (κ1) is 22.5. The predicted molar refractivity (Wildman–Crippen MR) is 92.0 cm³/mol. The normalized spacial score (nSPS) is 22.3. The molecule has 1 aromatic rings. The van der Waals surface area contributed by atoms with Crippen LogP contribution in [0, 0.1) is 22.8 Å². The molecule has 2 heterocycles. The van der Waals surface area contributed by atoms with Crippen LogP contribution >= 0.6 is 0 Å². The van der Waals surface area contributed by atoms with Crippen molar-refractivity contribution in [2.75, 3.05) is 37.6 Å². The van der Waals surface area contributed by atoms with E-state index in [1.165, 1.54) is 15.9 Å². The topological polar surface area (TPSA) is 83.6 Å². The molecule has 0 N–H and O–H groups in total. The highest BCUT2D eigenvalue weighted by molar-refractivity contribution is 5.82. The number of hydrogen-bond acceptors (Lipinski definition) is 6. The van der Waals surface area contributed by atoms with E-state index in [1.54, 1.807) is 0 Å². The summed E-state index contributed by atoms with van der Waals surface area (Å²) in [6.07, 6.45) is -12.2. The molecule has 13 heteroatoms. The number of nitriles is 2. The van der Waals surface area contributed by atoms with Crippen molar-refractivity contribution >= 4 is 11.6 Å². The minimum Gasteiger partial charge on any atom is -0.337 e. The Bertz CT molecular complexity index is 927. The third-order valence-electron chi connectivity index (χ3n) is 4.99. The molecule has 1 amide bonds. The summed E-state index contributed by atoms with van der Waals surface area (Å²) in [5, 5.41) is 17.7. The van der Waals surface area contributed by atoms with E-state index in [1.807, 2.05) is 6.19 Å². The van der Waals surface area contributed by atoms with Crippen LogP contribution in [0.4, 0.5) is 32.0 Å². The Morgan fingerprint density at radius 1 is 1.06 bits per heavy atom. The second-order valence-electron chi connectivity index (χ2n) is 6.92. The molecule has 2 unspecified atom stereocenters. The Balaban J connectivity index is 1.87. The van der Waals surface area contributed by atoms with Crippen LogP contribution in [-0.2, 0) is 15.7 Å². The lowest BCUT2D eigenvalue weighted by Crippen LogP contribution is -2.50. The van der Waals surface area contributed by atoms with Crippen LogP contribution in [0.3, 0.4) is 0 Å². The second kappa shape index (κ2) is 8.15. The Morgan fingerprint density at radius 2 is 1.71 bits per heavy atom. The van der Waals surface area contributed by atoms with Gasteiger partial charge in [0.15, 0.2) is 12.3 Å². The van der Waals surface area contributed by atoms with Crippen LogP contribution in [0.15, 0.2) is 18.2 Å². The van der Waals surface area contributed by atoms with Gasteiger partial charge in [-0.15, -0.1) is 0 Å². The molecule has 2 saturated heterocycles. The van der Waals surface area contributed by atoms with E-state index in [9.17, 15) is 31.1 Å². The van der Waals surface area contributed by atoms with Gasteiger partial charge in [-0.2, -0.15) is 36.9 Å². The lowest BCUT2D eigenvalue weighted by Gasteiger charge is -2.32. The molecule has 2 aliphatic rings. The number of halogens is 6. The molecule has 31 heavy (non-hydrogen) atoms. The van der Waals surface area contributed by atoms with E-state index in [0.29, 0.717) is 11.0 Å². The van der Waals surface area contributed by atoms with Gasteiger partial charge in [0.25, 0.3) is 5.91 Å². The number of anilines is 1. The first-order valence-corrected chi connectivity index (χ1v) is 8.99. The molecule has 2 aliphatic heterocycles. The summed E-state index contributed by atoms with van der Waals surface area (Å²) in [7, 11) is 0. The lowest BCUT2D eigenvalue weighted by molar-refractivity contribution is -0.215. The fourth-order valence-electron chi connectivity index (χ4n) is 3.45. The van der Waals surface area contributed by atoms with Crippen molar-refractivity contribution in [1.29, 1.82) is 10.5 Å². The molecule has 7 nitrogen and oxygen atoms in total. The molecule has 2 fully saturated rings. The largest absolute Gasteiger partial charge is 0.433 e. The molecule has 0 bridgehead atoms. The predicted octanol–water partition coefficient (Wildman–Crippen LogP) is 2.30. The van der Waals surface area contributed by atoms with Gasteiger partial charge in [-0.3, -0.25) is 4.79 Å². The van der Waals surface area contributed by atoms with Crippen molar-refractivity contribution in [3.63, 3.8) is 0 Å². The highest BCUT2D eigenvalue weighted by Crippen LogP contribution is 2.39. The number of amides is 1. The highest BCUT2D eigenvalue weighted by Gasteiger charge is 2.53. The number of piperazine rings is 1. The second-order valence-corrected chi connectivity index (χ2v) is 6.92. The molecular weight excluding hydrogens is 432 g/mol. The van der Waals surface area contributed by atoms with Gasteiger partial charge in [-0.25, -0.2) is 0 Å². The average molecular weight is 447 g/mol. The maximum Gasteiger partial charge on any atom is 0.433 e. The smallest absolute Gasteiger partial charge is 0.337 e. The zero-order valence-electron chi connectivity index (χ0n) is 15.7. The fraction of sp³-hybridized carbons (Fsp3) is 0.500.